The molecule has 1 aromatic heterocycles. The fraction of sp³-hybridized carbons (Fsp3) is 0.190. The molecule has 27 heavy (non-hydrogen) atoms. The van der Waals surface area contributed by atoms with E-state index in [2.05, 4.69) is 10.3 Å². The normalized spacial score (nSPS) is 11.6. The molecule has 0 bridgehead atoms. The van der Waals surface area contributed by atoms with Crippen molar-refractivity contribution >= 4 is 28.5 Å². The smallest absolute Gasteiger partial charge is 0.311 e. The molecule has 0 saturated heterocycles. The lowest BCUT2D eigenvalue weighted by Gasteiger charge is -2.15. The molecule has 0 aliphatic rings. The Kier molecular flexibility index (Phi) is 5.66. The molecule has 1 heterocycles. The highest BCUT2D eigenvalue weighted by atomic mass is 16.5. The number of para-hydroxylation sites is 1. The number of amides is 1. The number of esters is 1. The number of pyridine rings is 1. The maximum atomic E-state index is 12.4. The third-order valence-corrected chi connectivity index (χ3v) is 4.11. The van der Waals surface area contributed by atoms with Crippen molar-refractivity contribution in [2.45, 2.75) is 19.4 Å². The van der Waals surface area contributed by atoms with Gasteiger partial charge in [-0.3, -0.25) is 14.6 Å². The van der Waals surface area contributed by atoms with E-state index in [0.29, 0.717) is 17.0 Å². The zero-order valence-electron chi connectivity index (χ0n) is 15.1. The van der Waals surface area contributed by atoms with Gasteiger partial charge in [0.15, 0.2) is 6.10 Å². The van der Waals surface area contributed by atoms with Crippen LogP contribution >= 0.6 is 0 Å². The van der Waals surface area contributed by atoms with Crippen molar-refractivity contribution in [2.75, 3.05) is 12.4 Å². The molecule has 0 aliphatic carbocycles. The lowest BCUT2D eigenvalue weighted by Crippen LogP contribution is -2.30. The standard InChI is InChI=1S/C21H20N2O4/c1-14(27-20(24)13-15-7-3-4-11-19(15)26-2)21(25)23-18-10-5-9-17-16(18)8-6-12-22-17/h3-12,14H,13H2,1-2H3,(H,23,25). The number of benzene rings is 2. The Labute approximate surface area is 157 Å². The van der Waals surface area contributed by atoms with Crippen LogP contribution in [-0.4, -0.2) is 30.1 Å². The van der Waals surface area contributed by atoms with E-state index < -0.39 is 18.0 Å². The van der Waals surface area contributed by atoms with E-state index in [1.165, 1.54) is 0 Å². The number of ether oxygens (including phenoxy) is 2. The second-order valence-electron chi connectivity index (χ2n) is 5.99. The van der Waals surface area contributed by atoms with Gasteiger partial charge in [-0.1, -0.05) is 24.3 Å². The number of rotatable bonds is 6. The lowest BCUT2D eigenvalue weighted by atomic mass is 10.1. The van der Waals surface area contributed by atoms with Crippen molar-refractivity contribution in [3.63, 3.8) is 0 Å². The molecular formula is C21H20N2O4. The number of fused-ring (bicyclic) bond motifs is 1. The summed E-state index contributed by atoms with van der Waals surface area (Å²) >= 11 is 0. The Balaban J connectivity index is 1.64. The van der Waals surface area contributed by atoms with Crippen LogP contribution in [0.5, 0.6) is 5.75 Å². The van der Waals surface area contributed by atoms with Crippen LogP contribution in [0.2, 0.25) is 0 Å². The molecule has 1 unspecified atom stereocenters. The molecule has 0 aliphatic heterocycles. The molecule has 2 aromatic carbocycles. The van der Waals surface area contributed by atoms with Gasteiger partial charge in [0.25, 0.3) is 5.91 Å². The first kappa shape index (κ1) is 18.4. The summed E-state index contributed by atoms with van der Waals surface area (Å²) in [6.45, 7) is 1.54. The van der Waals surface area contributed by atoms with E-state index in [9.17, 15) is 9.59 Å². The van der Waals surface area contributed by atoms with Gasteiger partial charge in [-0.15, -0.1) is 0 Å². The highest BCUT2D eigenvalue weighted by molar-refractivity contribution is 6.02. The summed E-state index contributed by atoms with van der Waals surface area (Å²) in [6, 6.07) is 16.3. The Morgan fingerprint density at radius 2 is 1.89 bits per heavy atom. The first-order valence-corrected chi connectivity index (χ1v) is 8.54. The van der Waals surface area contributed by atoms with Gasteiger partial charge in [0.2, 0.25) is 0 Å². The van der Waals surface area contributed by atoms with Crippen LogP contribution in [0.15, 0.2) is 60.8 Å². The molecule has 0 saturated carbocycles. The van der Waals surface area contributed by atoms with Crippen molar-refractivity contribution in [1.82, 2.24) is 4.98 Å². The average molecular weight is 364 g/mol. The topological polar surface area (TPSA) is 77.5 Å². The summed E-state index contributed by atoms with van der Waals surface area (Å²) < 4.78 is 10.5. The minimum Gasteiger partial charge on any atom is -0.496 e. The van der Waals surface area contributed by atoms with Gasteiger partial charge in [-0.2, -0.15) is 0 Å². The number of carbonyl (C=O) groups excluding carboxylic acids is 2. The Hall–Kier alpha value is -3.41. The van der Waals surface area contributed by atoms with Crippen LogP contribution in [0.4, 0.5) is 5.69 Å². The molecule has 3 aromatic rings. The minimum absolute atomic E-state index is 0.0276. The van der Waals surface area contributed by atoms with E-state index in [0.717, 1.165) is 10.9 Å². The molecule has 1 amide bonds. The third-order valence-electron chi connectivity index (χ3n) is 4.11. The molecule has 0 fully saturated rings. The zero-order valence-corrected chi connectivity index (χ0v) is 15.1. The van der Waals surface area contributed by atoms with Gasteiger partial charge < -0.3 is 14.8 Å². The van der Waals surface area contributed by atoms with Crippen LogP contribution in [0.25, 0.3) is 10.9 Å². The van der Waals surface area contributed by atoms with Gasteiger partial charge in [0.1, 0.15) is 5.75 Å². The number of anilines is 1. The average Bonchev–Trinajstić information content (AvgIpc) is 2.68. The molecule has 3 rings (SSSR count). The highest BCUT2D eigenvalue weighted by Crippen LogP contribution is 2.22. The maximum Gasteiger partial charge on any atom is 0.311 e. The maximum absolute atomic E-state index is 12.4. The van der Waals surface area contributed by atoms with Crippen molar-refractivity contribution < 1.29 is 19.1 Å². The van der Waals surface area contributed by atoms with Gasteiger partial charge in [-0.05, 0) is 37.3 Å². The first-order chi connectivity index (χ1) is 13.1. The van der Waals surface area contributed by atoms with E-state index in [4.69, 9.17) is 9.47 Å². The number of nitrogens with zero attached hydrogens (tertiary/aromatic N) is 1. The largest absolute Gasteiger partial charge is 0.496 e. The fourth-order valence-corrected chi connectivity index (χ4v) is 2.74. The Morgan fingerprint density at radius 3 is 2.70 bits per heavy atom. The van der Waals surface area contributed by atoms with Crippen LogP contribution in [0.3, 0.4) is 0 Å². The summed E-state index contributed by atoms with van der Waals surface area (Å²) in [5.41, 5.74) is 2.10. The molecule has 6 heteroatoms. The summed E-state index contributed by atoms with van der Waals surface area (Å²) in [5.74, 6) is -0.295. The molecule has 1 atom stereocenters. The monoisotopic (exact) mass is 364 g/mol. The highest BCUT2D eigenvalue weighted by Gasteiger charge is 2.19. The predicted octanol–water partition coefficient (Wildman–Crippen LogP) is 3.36. The zero-order chi connectivity index (χ0) is 19.2. The first-order valence-electron chi connectivity index (χ1n) is 8.54. The van der Waals surface area contributed by atoms with Gasteiger partial charge in [0, 0.05) is 17.1 Å². The second kappa shape index (κ2) is 8.31. The van der Waals surface area contributed by atoms with Crippen molar-refractivity contribution in [2.24, 2.45) is 0 Å². The van der Waals surface area contributed by atoms with Crippen LogP contribution < -0.4 is 10.1 Å². The SMILES string of the molecule is COc1ccccc1CC(=O)OC(C)C(=O)Nc1cccc2ncccc12. The van der Waals surface area contributed by atoms with Crippen LogP contribution in [-0.2, 0) is 20.7 Å². The molecule has 1 N–H and O–H groups in total. The van der Waals surface area contributed by atoms with Crippen molar-refractivity contribution in [1.29, 1.82) is 0 Å². The lowest BCUT2D eigenvalue weighted by molar-refractivity contribution is -0.152. The quantitative estimate of drug-likeness (QED) is 0.679. The summed E-state index contributed by atoms with van der Waals surface area (Å²) in [5, 5.41) is 3.62. The number of hydrogen-bond acceptors (Lipinski definition) is 5. The molecule has 6 nitrogen and oxygen atoms in total. The number of methoxy groups -OCH3 is 1. The van der Waals surface area contributed by atoms with Gasteiger partial charge in [0.05, 0.1) is 24.7 Å². The van der Waals surface area contributed by atoms with Gasteiger partial charge >= 0.3 is 5.97 Å². The molecule has 138 valence electrons. The van der Waals surface area contributed by atoms with Crippen LogP contribution in [0, 0.1) is 0 Å². The molecule has 0 spiro atoms. The molecular weight excluding hydrogens is 344 g/mol. The van der Waals surface area contributed by atoms with E-state index in [-0.39, 0.29) is 6.42 Å². The number of hydrogen-bond donors (Lipinski definition) is 1. The number of aromatic nitrogens is 1. The Bertz CT molecular complexity index is 966. The van der Waals surface area contributed by atoms with Gasteiger partial charge in [-0.25, -0.2) is 0 Å². The second-order valence-corrected chi connectivity index (χ2v) is 5.99. The third kappa shape index (κ3) is 4.41. The van der Waals surface area contributed by atoms with E-state index in [1.54, 1.807) is 44.5 Å². The van der Waals surface area contributed by atoms with E-state index in [1.807, 2.05) is 30.3 Å². The van der Waals surface area contributed by atoms with Crippen molar-refractivity contribution in [3.8, 4) is 5.75 Å². The van der Waals surface area contributed by atoms with Crippen LogP contribution in [0.1, 0.15) is 12.5 Å². The number of carbonyl (C=O) groups is 2. The summed E-state index contributed by atoms with van der Waals surface area (Å²) in [7, 11) is 1.54. The molecule has 0 radical (unpaired) electrons. The fourth-order valence-electron chi connectivity index (χ4n) is 2.74. The minimum atomic E-state index is -0.931. The number of nitrogens with one attached hydrogen (secondary N) is 1. The Morgan fingerprint density at radius 1 is 1.07 bits per heavy atom. The van der Waals surface area contributed by atoms with Crippen molar-refractivity contribution in [3.05, 3.63) is 66.4 Å². The van der Waals surface area contributed by atoms with E-state index >= 15 is 0 Å². The summed E-state index contributed by atoms with van der Waals surface area (Å²) in [4.78, 5) is 28.9. The summed E-state index contributed by atoms with van der Waals surface area (Å²) in [6.07, 6.45) is 0.787. The predicted molar refractivity (Wildman–Crippen MR) is 103 cm³/mol.